The number of carbonyl (C=O) groups excluding carboxylic acids is 2. The Morgan fingerprint density at radius 1 is 1.32 bits per heavy atom. The van der Waals surface area contributed by atoms with Crippen molar-refractivity contribution in [3.05, 3.63) is 28.8 Å². The molecule has 2 fully saturated rings. The Morgan fingerprint density at radius 2 is 2.05 bits per heavy atom. The molecule has 1 aliphatic heterocycles. The predicted molar refractivity (Wildman–Crippen MR) is 77.5 cm³/mol. The maximum atomic E-state index is 13.9. The van der Waals surface area contributed by atoms with Crippen LogP contribution >= 0.6 is 11.6 Å². The van der Waals surface area contributed by atoms with Gasteiger partial charge in [0.25, 0.3) is 0 Å². The highest BCUT2D eigenvalue weighted by Gasteiger charge is 2.48. The van der Waals surface area contributed by atoms with Crippen molar-refractivity contribution < 1.29 is 18.4 Å². The molecule has 3 rings (SSSR count). The Balaban J connectivity index is 1.86. The van der Waals surface area contributed by atoms with Crippen LogP contribution in [-0.2, 0) is 9.59 Å². The van der Waals surface area contributed by atoms with Gasteiger partial charge in [-0.25, -0.2) is 8.78 Å². The fraction of sp³-hybridized carbons (Fsp3) is 0.467. The third-order valence-corrected chi connectivity index (χ3v) is 4.87. The second-order valence-corrected chi connectivity index (χ2v) is 6.21. The number of nitrogens with one attached hydrogen (secondary N) is 1. The van der Waals surface area contributed by atoms with Gasteiger partial charge in [0.1, 0.15) is 17.7 Å². The van der Waals surface area contributed by atoms with Crippen LogP contribution in [0.3, 0.4) is 0 Å². The fourth-order valence-electron chi connectivity index (χ4n) is 3.42. The number of fused-ring (bicyclic) bond motifs is 1. The van der Waals surface area contributed by atoms with Crippen molar-refractivity contribution in [1.82, 2.24) is 5.32 Å². The van der Waals surface area contributed by atoms with Gasteiger partial charge in [-0.2, -0.15) is 0 Å². The lowest BCUT2D eigenvalue weighted by atomic mass is 9.93. The second-order valence-electron chi connectivity index (χ2n) is 5.80. The van der Waals surface area contributed by atoms with Crippen molar-refractivity contribution in [2.75, 3.05) is 11.9 Å². The molecule has 1 aromatic carbocycles. The number of nitrogens with zero attached hydrogens (tertiary/aromatic N) is 1. The van der Waals surface area contributed by atoms with Crippen LogP contribution < -0.4 is 10.2 Å². The summed E-state index contributed by atoms with van der Waals surface area (Å²) in [6, 6.07) is 1.06. The summed E-state index contributed by atoms with van der Waals surface area (Å²) in [5.74, 6) is -2.47. The number of likely N-dealkylation sites (N-methyl/N-ethyl adjacent to an activating group) is 1. The molecule has 4 nitrogen and oxygen atoms in total. The maximum absolute atomic E-state index is 13.9. The van der Waals surface area contributed by atoms with Gasteiger partial charge in [-0.05, 0) is 24.8 Å². The van der Waals surface area contributed by atoms with Crippen LogP contribution in [-0.4, -0.2) is 24.9 Å². The van der Waals surface area contributed by atoms with E-state index in [0.29, 0.717) is 6.07 Å². The summed E-state index contributed by atoms with van der Waals surface area (Å²) < 4.78 is 27.1. The van der Waals surface area contributed by atoms with E-state index in [1.165, 1.54) is 7.05 Å². The van der Waals surface area contributed by atoms with Crippen LogP contribution in [0.15, 0.2) is 12.1 Å². The number of rotatable bonds is 2. The molecule has 3 atom stereocenters. The summed E-state index contributed by atoms with van der Waals surface area (Å²) in [5, 5.41) is 2.43. The summed E-state index contributed by atoms with van der Waals surface area (Å²) in [7, 11) is 1.39. The van der Waals surface area contributed by atoms with Crippen LogP contribution in [0.2, 0.25) is 5.02 Å². The van der Waals surface area contributed by atoms with Crippen LogP contribution in [0.4, 0.5) is 14.5 Å². The largest absolute Gasteiger partial charge is 0.344 e. The van der Waals surface area contributed by atoms with E-state index in [-0.39, 0.29) is 28.5 Å². The zero-order chi connectivity index (χ0) is 16.0. The smallest absolute Gasteiger partial charge is 0.249 e. The lowest BCUT2D eigenvalue weighted by Crippen LogP contribution is -2.45. The fourth-order valence-corrected chi connectivity index (χ4v) is 3.58. The van der Waals surface area contributed by atoms with Gasteiger partial charge in [0.15, 0.2) is 0 Å². The van der Waals surface area contributed by atoms with Crippen molar-refractivity contribution in [3.63, 3.8) is 0 Å². The molecule has 1 aromatic rings. The molecule has 1 N–H and O–H groups in total. The first-order valence-electron chi connectivity index (χ1n) is 7.12. The Kier molecular flexibility index (Phi) is 3.80. The average molecular weight is 329 g/mol. The molecular formula is C15H15ClF2N2O2. The van der Waals surface area contributed by atoms with Gasteiger partial charge in [0.05, 0.1) is 10.7 Å². The van der Waals surface area contributed by atoms with Crippen LogP contribution in [0, 0.1) is 23.5 Å². The van der Waals surface area contributed by atoms with Gasteiger partial charge in [-0.3, -0.25) is 9.59 Å². The van der Waals surface area contributed by atoms with Crippen LogP contribution in [0.1, 0.15) is 19.3 Å². The molecule has 0 aromatic heterocycles. The minimum absolute atomic E-state index is 0.0542. The van der Waals surface area contributed by atoms with E-state index in [2.05, 4.69) is 5.32 Å². The van der Waals surface area contributed by atoms with E-state index in [0.717, 1.165) is 30.2 Å². The highest BCUT2D eigenvalue weighted by atomic mass is 35.5. The number of hydrogen-bond donors (Lipinski definition) is 1. The molecule has 2 aliphatic rings. The average Bonchev–Trinajstić information content (AvgIpc) is 3.06. The lowest BCUT2D eigenvalue weighted by molar-refractivity contribution is -0.125. The summed E-state index contributed by atoms with van der Waals surface area (Å²) in [6.45, 7) is 0. The molecule has 118 valence electrons. The number of amides is 2. The molecule has 1 heterocycles. The molecule has 0 spiro atoms. The second kappa shape index (κ2) is 5.50. The van der Waals surface area contributed by atoms with Gasteiger partial charge < -0.3 is 10.2 Å². The van der Waals surface area contributed by atoms with Gasteiger partial charge >= 0.3 is 0 Å². The number of benzene rings is 1. The van der Waals surface area contributed by atoms with Gasteiger partial charge in [0, 0.05) is 19.0 Å². The molecule has 1 saturated heterocycles. The standard InChI is InChI=1S/C15H15ClF2N2O2/c1-20(12-5-9(16)10(17)6-11(12)18)15(22)13-7-3-2-4-8(7)14(21)19-13/h5-8,13H,2-4H2,1H3,(H,19,21)/t7?,8?,13-/m0/s1. The van der Waals surface area contributed by atoms with Crippen molar-refractivity contribution in [2.24, 2.45) is 11.8 Å². The molecule has 22 heavy (non-hydrogen) atoms. The lowest BCUT2D eigenvalue weighted by Gasteiger charge is -2.24. The molecule has 1 saturated carbocycles. The summed E-state index contributed by atoms with van der Waals surface area (Å²) >= 11 is 5.66. The van der Waals surface area contributed by atoms with Crippen molar-refractivity contribution >= 4 is 29.1 Å². The van der Waals surface area contributed by atoms with Gasteiger partial charge in [-0.1, -0.05) is 18.0 Å². The highest BCUT2D eigenvalue weighted by Crippen LogP contribution is 2.39. The third kappa shape index (κ3) is 2.35. The molecule has 7 heteroatoms. The monoisotopic (exact) mass is 328 g/mol. The van der Waals surface area contributed by atoms with Crippen molar-refractivity contribution in [3.8, 4) is 0 Å². The first-order chi connectivity index (χ1) is 10.4. The van der Waals surface area contributed by atoms with E-state index in [1.807, 2.05) is 0 Å². The predicted octanol–water partition coefficient (Wildman–Crippen LogP) is 2.50. The quantitative estimate of drug-likeness (QED) is 0.848. The maximum Gasteiger partial charge on any atom is 0.249 e. The first-order valence-corrected chi connectivity index (χ1v) is 7.50. The Bertz CT molecular complexity index is 653. The minimum Gasteiger partial charge on any atom is -0.344 e. The summed E-state index contributed by atoms with van der Waals surface area (Å²) in [5.41, 5.74) is -0.105. The molecule has 0 bridgehead atoms. The topological polar surface area (TPSA) is 49.4 Å². The van der Waals surface area contributed by atoms with Crippen LogP contribution in [0.25, 0.3) is 0 Å². The normalized spacial score (nSPS) is 26.7. The number of anilines is 1. The number of hydrogen-bond acceptors (Lipinski definition) is 2. The molecule has 2 unspecified atom stereocenters. The zero-order valence-corrected chi connectivity index (χ0v) is 12.7. The molecular weight excluding hydrogens is 314 g/mol. The van der Waals surface area contributed by atoms with E-state index in [1.54, 1.807) is 0 Å². The van der Waals surface area contributed by atoms with Gasteiger partial charge in [-0.15, -0.1) is 0 Å². The SMILES string of the molecule is CN(C(=O)[C@H]1NC(=O)C2CCCC21)c1cc(Cl)c(F)cc1F. The highest BCUT2D eigenvalue weighted by molar-refractivity contribution is 6.31. The zero-order valence-electron chi connectivity index (χ0n) is 11.9. The van der Waals surface area contributed by atoms with E-state index in [4.69, 9.17) is 11.6 Å². The number of halogens is 3. The van der Waals surface area contributed by atoms with E-state index in [9.17, 15) is 18.4 Å². The third-order valence-electron chi connectivity index (χ3n) is 4.58. The minimum atomic E-state index is -0.881. The van der Waals surface area contributed by atoms with E-state index < -0.39 is 23.6 Å². The van der Waals surface area contributed by atoms with Crippen LogP contribution in [0.5, 0.6) is 0 Å². The first kappa shape index (κ1) is 15.2. The summed E-state index contributed by atoms with van der Waals surface area (Å²) in [6.07, 6.45) is 2.48. The molecule has 1 aliphatic carbocycles. The number of carbonyl (C=O) groups is 2. The Labute approximate surface area is 131 Å². The Hall–Kier alpha value is -1.69. The van der Waals surface area contributed by atoms with Crippen molar-refractivity contribution in [1.29, 1.82) is 0 Å². The van der Waals surface area contributed by atoms with E-state index >= 15 is 0 Å². The van der Waals surface area contributed by atoms with Crippen molar-refractivity contribution in [2.45, 2.75) is 25.3 Å². The van der Waals surface area contributed by atoms with Gasteiger partial charge in [0.2, 0.25) is 11.8 Å². The molecule has 0 radical (unpaired) electrons. The molecule has 2 amide bonds. The Morgan fingerprint density at radius 3 is 2.77 bits per heavy atom. The summed E-state index contributed by atoms with van der Waals surface area (Å²) in [4.78, 5) is 25.5.